The summed E-state index contributed by atoms with van der Waals surface area (Å²) in [6.45, 7) is 7.75. The maximum absolute atomic E-state index is 12.8. The summed E-state index contributed by atoms with van der Waals surface area (Å²) in [6, 6.07) is 5.95. The van der Waals surface area contributed by atoms with Crippen LogP contribution in [0.1, 0.15) is 38.6 Å². The third kappa shape index (κ3) is 5.81. The van der Waals surface area contributed by atoms with Crippen molar-refractivity contribution in [2.75, 3.05) is 6.54 Å². The number of nitrogens with zero attached hydrogens (tertiary/aromatic N) is 3. The Bertz CT molecular complexity index is 909. The maximum atomic E-state index is 12.8. The quantitative estimate of drug-likeness (QED) is 0.625. The van der Waals surface area contributed by atoms with Crippen LogP contribution in [0.5, 0.6) is 0 Å². The molecule has 0 saturated carbocycles. The first-order valence-corrected chi connectivity index (χ1v) is 9.97. The third-order valence-electron chi connectivity index (χ3n) is 5.27. The molecular weight excluding hydrogens is 422 g/mol. The molecule has 9 nitrogen and oxygen atoms in total. The molecule has 3 rings (SSSR count). The van der Waals surface area contributed by atoms with Crippen LogP contribution in [0.3, 0.4) is 0 Å². The number of benzene rings is 1. The highest BCUT2D eigenvalue weighted by Gasteiger charge is 2.42. The molecule has 10 heteroatoms. The molecule has 3 atom stereocenters. The van der Waals surface area contributed by atoms with E-state index in [-0.39, 0.29) is 37.2 Å². The van der Waals surface area contributed by atoms with E-state index in [1.54, 1.807) is 6.92 Å². The number of aliphatic hydroxyl groups excluding tert-OH is 1. The van der Waals surface area contributed by atoms with Crippen molar-refractivity contribution in [2.24, 2.45) is 11.1 Å². The molecule has 31 heavy (non-hydrogen) atoms. The fraction of sp³-hybridized carbons (Fsp3) is 0.524. The molecule has 1 aromatic carbocycles. The topological polar surface area (TPSA) is 135 Å². The summed E-state index contributed by atoms with van der Waals surface area (Å²) in [7, 11) is 0. The molecule has 1 aromatic heterocycles. The Balaban J connectivity index is 0.00000341. The summed E-state index contributed by atoms with van der Waals surface area (Å²) in [5.41, 5.74) is 7.35. The number of hydrogen-bond acceptors (Lipinski definition) is 7. The fourth-order valence-electron chi connectivity index (χ4n) is 3.35. The number of rotatable bonds is 5. The van der Waals surface area contributed by atoms with E-state index in [4.69, 9.17) is 10.3 Å². The predicted octanol–water partition coefficient (Wildman–Crippen LogP) is 1.42. The number of aliphatic hydroxyl groups is 1. The van der Waals surface area contributed by atoms with Gasteiger partial charge in [0.1, 0.15) is 6.04 Å². The van der Waals surface area contributed by atoms with E-state index >= 15 is 0 Å². The Hall–Kier alpha value is -2.49. The van der Waals surface area contributed by atoms with Crippen molar-refractivity contribution in [1.29, 1.82) is 0 Å². The molecule has 0 spiro atoms. The number of nitrogens with one attached hydrogen (secondary N) is 1. The van der Waals surface area contributed by atoms with Crippen molar-refractivity contribution in [3.8, 4) is 11.4 Å². The number of carbonyl (C=O) groups excluding carboxylic acids is 2. The Kier molecular flexibility index (Phi) is 7.80. The lowest BCUT2D eigenvalue weighted by molar-refractivity contribution is -0.141. The highest BCUT2D eigenvalue weighted by Crippen LogP contribution is 2.25. The Morgan fingerprint density at radius 2 is 1.97 bits per heavy atom. The van der Waals surface area contributed by atoms with Gasteiger partial charge in [-0.2, -0.15) is 4.98 Å². The van der Waals surface area contributed by atoms with Crippen LogP contribution in [-0.4, -0.2) is 56.7 Å². The van der Waals surface area contributed by atoms with Gasteiger partial charge in [-0.1, -0.05) is 50.2 Å². The summed E-state index contributed by atoms with van der Waals surface area (Å²) in [5, 5.41) is 16.8. The molecule has 2 aromatic rings. The number of nitrogens with two attached hydrogens (primary N) is 1. The minimum absolute atomic E-state index is 0. The van der Waals surface area contributed by atoms with Crippen LogP contribution in [0.25, 0.3) is 11.4 Å². The zero-order chi connectivity index (χ0) is 22.1. The lowest BCUT2D eigenvalue weighted by atomic mass is 9.86. The standard InChI is InChI=1S/C21H29N5O4.ClH/c1-12-24-18(25-30-12)14-7-5-13(6-8-14)10-23-19(28)16-9-15(27)11-26(16)20(29)17(22)21(2,3)4;/h5-8,15-17,27H,9-11,22H2,1-4H3,(H,23,28);1H/t15-,16+,17-;/m1./s1. The van der Waals surface area contributed by atoms with Gasteiger partial charge in [-0.25, -0.2) is 0 Å². The summed E-state index contributed by atoms with van der Waals surface area (Å²) >= 11 is 0. The molecule has 170 valence electrons. The van der Waals surface area contributed by atoms with Gasteiger partial charge in [0.2, 0.25) is 23.5 Å². The molecule has 1 aliphatic rings. The number of hydrogen-bond donors (Lipinski definition) is 3. The SMILES string of the molecule is Cc1nc(-c2ccc(CNC(=O)[C@@H]3C[C@@H](O)CN3C(=O)[C@@H](N)C(C)(C)C)cc2)no1.Cl. The highest BCUT2D eigenvalue weighted by molar-refractivity contribution is 5.90. The molecule has 0 unspecified atom stereocenters. The zero-order valence-electron chi connectivity index (χ0n) is 18.2. The van der Waals surface area contributed by atoms with Gasteiger partial charge in [0, 0.05) is 32.0 Å². The van der Waals surface area contributed by atoms with Gasteiger partial charge < -0.3 is 25.6 Å². The van der Waals surface area contributed by atoms with Gasteiger partial charge in [0.05, 0.1) is 12.1 Å². The Labute approximate surface area is 187 Å². The largest absolute Gasteiger partial charge is 0.391 e. The van der Waals surface area contributed by atoms with Crippen LogP contribution in [0.15, 0.2) is 28.8 Å². The molecule has 1 fully saturated rings. The molecule has 0 radical (unpaired) electrons. The van der Waals surface area contributed by atoms with Gasteiger partial charge >= 0.3 is 0 Å². The van der Waals surface area contributed by atoms with E-state index < -0.39 is 23.6 Å². The van der Waals surface area contributed by atoms with Gasteiger partial charge in [-0.05, 0) is 11.0 Å². The molecule has 4 N–H and O–H groups in total. The van der Waals surface area contributed by atoms with Crippen LogP contribution in [-0.2, 0) is 16.1 Å². The van der Waals surface area contributed by atoms with E-state index in [0.29, 0.717) is 18.3 Å². The summed E-state index contributed by atoms with van der Waals surface area (Å²) in [4.78, 5) is 31.1. The van der Waals surface area contributed by atoms with Crippen molar-refractivity contribution >= 4 is 24.2 Å². The number of halogens is 1. The van der Waals surface area contributed by atoms with Crippen molar-refractivity contribution in [1.82, 2.24) is 20.4 Å². The van der Waals surface area contributed by atoms with Gasteiger partial charge in [-0.3, -0.25) is 9.59 Å². The number of likely N-dealkylation sites (tertiary alicyclic amines) is 1. The van der Waals surface area contributed by atoms with E-state index in [0.717, 1.165) is 11.1 Å². The van der Waals surface area contributed by atoms with Crippen LogP contribution in [0, 0.1) is 12.3 Å². The average Bonchev–Trinajstić information content (AvgIpc) is 3.30. The Morgan fingerprint density at radius 3 is 2.52 bits per heavy atom. The van der Waals surface area contributed by atoms with Crippen LogP contribution in [0.4, 0.5) is 0 Å². The monoisotopic (exact) mass is 451 g/mol. The van der Waals surface area contributed by atoms with E-state index in [2.05, 4.69) is 15.5 Å². The number of aromatic nitrogens is 2. The smallest absolute Gasteiger partial charge is 0.243 e. The zero-order valence-corrected chi connectivity index (χ0v) is 19.0. The van der Waals surface area contributed by atoms with Gasteiger partial charge in [-0.15, -0.1) is 12.4 Å². The first-order chi connectivity index (χ1) is 14.1. The van der Waals surface area contributed by atoms with E-state index in [9.17, 15) is 14.7 Å². The van der Waals surface area contributed by atoms with Crippen LogP contribution in [0.2, 0.25) is 0 Å². The second-order valence-corrected chi connectivity index (χ2v) is 8.79. The fourth-order valence-corrected chi connectivity index (χ4v) is 3.35. The minimum Gasteiger partial charge on any atom is -0.391 e. The van der Waals surface area contributed by atoms with E-state index in [1.807, 2.05) is 45.0 Å². The van der Waals surface area contributed by atoms with Crippen LogP contribution >= 0.6 is 12.4 Å². The van der Waals surface area contributed by atoms with E-state index in [1.165, 1.54) is 4.90 Å². The number of amides is 2. The number of aryl methyl sites for hydroxylation is 1. The summed E-state index contributed by atoms with van der Waals surface area (Å²) in [6.07, 6.45) is -0.542. The highest BCUT2D eigenvalue weighted by atomic mass is 35.5. The van der Waals surface area contributed by atoms with Gasteiger partial charge in [0.15, 0.2) is 0 Å². The molecule has 0 aliphatic carbocycles. The van der Waals surface area contributed by atoms with Gasteiger partial charge in [0.25, 0.3) is 0 Å². The molecule has 0 bridgehead atoms. The van der Waals surface area contributed by atoms with Crippen LogP contribution < -0.4 is 11.1 Å². The second kappa shape index (κ2) is 9.76. The lowest BCUT2D eigenvalue weighted by Gasteiger charge is -2.32. The lowest BCUT2D eigenvalue weighted by Crippen LogP contribution is -2.54. The summed E-state index contributed by atoms with van der Waals surface area (Å²) in [5.74, 6) is 0.371. The third-order valence-corrected chi connectivity index (χ3v) is 5.27. The number of carbonyl (C=O) groups is 2. The molecule has 1 aliphatic heterocycles. The second-order valence-electron chi connectivity index (χ2n) is 8.79. The summed E-state index contributed by atoms with van der Waals surface area (Å²) < 4.78 is 4.98. The minimum atomic E-state index is -0.751. The molecular formula is C21H30ClN5O4. The predicted molar refractivity (Wildman–Crippen MR) is 117 cm³/mol. The first kappa shape index (κ1) is 24.8. The van der Waals surface area contributed by atoms with Crippen molar-refractivity contribution in [3.63, 3.8) is 0 Å². The first-order valence-electron chi connectivity index (χ1n) is 9.97. The average molecular weight is 452 g/mol. The normalized spacial score (nSPS) is 19.6. The molecule has 1 saturated heterocycles. The number of β-amino-alcohol motifs (C(OH)–C–C–N with tert-alkyl or cyclic N) is 1. The van der Waals surface area contributed by atoms with Crippen molar-refractivity contribution < 1.29 is 19.2 Å². The van der Waals surface area contributed by atoms with Crippen molar-refractivity contribution in [3.05, 3.63) is 35.7 Å². The molecule has 2 amide bonds. The van der Waals surface area contributed by atoms with Crippen molar-refractivity contribution in [2.45, 2.75) is 58.8 Å². The maximum Gasteiger partial charge on any atom is 0.243 e. The molecule has 2 heterocycles. The Morgan fingerprint density at radius 1 is 1.32 bits per heavy atom.